The first-order valence-corrected chi connectivity index (χ1v) is 3.43. The topological polar surface area (TPSA) is 24.1 Å². The maximum atomic E-state index is 3.46. The predicted molar refractivity (Wildman–Crippen MR) is 53.5 cm³/mol. The average Bonchev–Trinajstić information content (AvgIpc) is 1.72. The molecule has 1 heterocycles. The van der Waals surface area contributed by atoms with Crippen molar-refractivity contribution >= 4 is 34.0 Å². The van der Waals surface area contributed by atoms with Gasteiger partial charge >= 0.3 is 0 Å². The molecule has 2 nitrogen and oxygen atoms in total. The molecule has 1 saturated heterocycles. The Morgan fingerprint density at radius 3 is 1.40 bits per heavy atom. The highest BCUT2D eigenvalue weighted by molar-refractivity contribution is 8.93. The number of piperazine rings is 1. The van der Waals surface area contributed by atoms with Gasteiger partial charge in [0.25, 0.3) is 0 Å². The van der Waals surface area contributed by atoms with Crippen LogP contribution < -0.4 is 10.6 Å². The Bertz CT molecular complexity index is 87.7. The fraction of sp³-hybridized carbons (Fsp3) is 1.00. The number of fused-ring (bicyclic) bond motifs is 1. The third-order valence-corrected chi connectivity index (χ3v) is 2.21. The lowest BCUT2D eigenvalue weighted by atomic mass is 9.85. The van der Waals surface area contributed by atoms with Crippen molar-refractivity contribution in [2.75, 3.05) is 13.1 Å². The summed E-state index contributed by atoms with van der Waals surface area (Å²) in [5.74, 6) is 0. The molecule has 10 heavy (non-hydrogen) atoms. The molecule has 4 heteroatoms. The maximum Gasteiger partial charge on any atom is 0.0222 e. The van der Waals surface area contributed by atoms with E-state index in [-0.39, 0.29) is 34.0 Å². The van der Waals surface area contributed by atoms with Crippen molar-refractivity contribution in [3.05, 3.63) is 0 Å². The van der Waals surface area contributed by atoms with Crippen LogP contribution in [-0.2, 0) is 0 Å². The van der Waals surface area contributed by atoms with Crippen molar-refractivity contribution in [2.24, 2.45) is 0 Å². The quantitative estimate of drug-likeness (QED) is 0.684. The summed E-state index contributed by atoms with van der Waals surface area (Å²) in [7, 11) is 0. The van der Waals surface area contributed by atoms with Gasteiger partial charge in [0.05, 0.1) is 0 Å². The molecule has 2 aliphatic rings. The van der Waals surface area contributed by atoms with E-state index in [9.17, 15) is 0 Å². The summed E-state index contributed by atoms with van der Waals surface area (Å²) in [6.45, 7) is 2.34. The molecule has 2 atom stereocenters. The normalized spacial score (nSPS) is 36.0. The molecule has 0 amide bonds. The number of halogens is 2. The summed E-state index contributed by atoms with van der Waals surface area (Å²) in [6.07, 6.45) is 2.77. The Morgan fingerprint density at radius 1 is 0.800 bits per heavy atom. The van der Waals surface area contributed by atoms with Crippen molar-refractivity contribution in [3.63, 3.8) is 0 Å². The van der Waals surface area contributed by atoms with Crippen molar-refractivity contribution < 1.29 is 0 Å². The Morgan fingerprint density at radius 2 is 1.20 bits per heavy atom. The van der Waals surface area contributed by atoms with Crippen LogP contribution in [0.1, 0.15) is 12.8 Å². The number of hydrogen-bond donors (Lipinski definition) is 2. The van der Waals surface area contributed by atoms with Gasteiger partial charge in [-0.3, -0.25) is 0 Å². The van der Waals surface area contributed by atoms with Crippen molar-refractivity contribution in [1.29, 1.82) is 0 Å². The fourth-order valence-corrected chi connectivity index (χ4v) is 1.50. The Hall–Kier alpha value is 0.880. The van der Waals surface area contributed by atoms with Gasteiger partial charge in [0, 0.05) is 25.2 Å². The minimum Gasteiger partial charge on any atom is -0.311 e. The van der Waals surface area contributed by atoms with E-state index in [2.05, 4.69) is 10.6 Å². The third kappa shape index (κ3) is 1.94. The third-order valence-electron chi connectivity index (χ3n) is 2.21. The number of hydrogen-bond acceptors (Lipinski definition) is 2. The van der Waals surface area contributed by atoms with Gasteiger partial charge < -0.3 is 10.6 Å². The average molecular weight is 274 g/mol. The molecule has 1 saturated carbocycles. The highest BCUT2D eigenvalue weighted by Gasteiger charge is 2.31. The van der Waals surface area contributed by atoms with E-state index in [0.717, 1.165) is 12.1 Å². The maximum absolute atomic E-state index is 3.46. The first-order valence-electron chi connectivity index (χ1n) is 3.43. The van der Waals surface area contributed by atoms with Crippen LogP contribution in [0.5, 0.6) is 0 Å². The molecule has 2 rings (SSSR count). The van der Waals surface area contributed by atoms with Crippen LogP contribution in [0.4, 0.5) is 0 Å². The molecule has 0 spiro atoms. The molecule has 62 valence electrons. The van der Waals surface area contributed by atoms with Gasteiger partial charge in [-0.1, -0.05) is 0 Å². The lowest BCUT2D eigenvalue weighted by Crippen LogP contribution is -2.61. The molecular weight excluding hydrogens is 260 g/mol. The van der Waals surface area contributed by atoms with Crippen molar-refractivity contribution in [1.82, 2.24) is 10.6 Å². The van der Waals surface area contributed by atoms with Gasteiger partial charge in [0.15, 0.2) is 0 Å². The summed E-state index contributed by atoms with van der Waals surface area (Å²) >= 11 is 0. The zero-order chi connectivity index (χ0) is 5.40. The van der Waals surface area contributed by atoms with Crippen LogP contribution >= 0.6 is 34.0 Å². The summed E-state index contributed by atoms with van der Waals surface area (Å²) in [4.78, 5) is 0. The van der Waals surface area contributed by atoms with E-state index in [0.29, 0.717) is 0 Å². The number of rotatable bonds is 0. The summed E-state index contributed by atoms with van der Waals surface area (Å²) < 4.78 is 0. The van der Waals surface area contributed by atoms with E-state index in [4.69, 9.17) is 0 Å². The van der Waals surface area contributed by atoms with E-state index in [1.54, 1.807) is 0 Å². The van der Waals surface area contributed by atoms with Gasteiger partial charge in [-0.15, -0.1) is 34.0 Å². The van der Waals surface area contributed by atoms with Gasteiger partial charge in [-0.25, -0.2) is 0 Å². The summed E-state index contributed by atoms with van der Waals surface area (Å²) in [6, 6.07) is 1.65. The first-order chi connectivity index (χ1) is 3.97. The van der Waals surface area contributed by atoms with Crippen LogP contribution in [-0.4, -0.2) is 25.2 Å². The van der Waals surface area contributed by atoms with E-state index >= 15 is 0 Å². The molecule has 0 bridgehead atoms. The van der Waals surface area contributed by atoms with Crippen LogP contribution in [0, 0.1) is 0 Å². The van der Waals surface area contributed by atoms with Crippen molar-refractivity contribution in [3.8, 4) is 0 Å². The summed E-state index contributed by atoms with van der Waals surface area (Å²) in [5.41, 5.74) is 0. The highest BCUT2D eigenvalue weighted by atomic mass is 79.9. The highest BCUT2D eigenvalue weighted by Crippen LogP contribution is 2.20. The minimum absolute atomic E-state index is 0. The fourth-order valence-electron chi connectivity index (χ4n) is 1.50. The molecule has 1 aliphatic heterocycles. The standard InChI is InChI=1S/C6H12N2.2BrH/c1-2-6-5(1)7-3-4-8-6;;/h5-8H,1-4H2;2*1H/t5-,6-;;/m0../s1. The van der Waals surface area contributed by atoms with Gasteiger partial charge in [-0.05, 0) is 12.8 Å². The first kappa shape index (κ1) is 10.9. The Labute approximate surface area is 82.7 Å². The molecule has 0 radical (unpaired) electrons. The zero-order valence-electron chi connectivity index (χ0n) is 5.80. The lowest BCUT2D eigenvalue weighted by Gasteiger charge is -2.41. The second-order valence-corrected chi connectivity index (χ2v) is 2.70. The Balaban J connectivity index is 0.000000405. The molecular formula is C6H14Br2N2. The second-order valence-electron chi connectivity index (χ2n) is 2.70. The molecule has 0 aromatic heterocycles. The van der Waals surface area contributed by atoms with Gasteiger partial charge in [0.1, 0.15) is 0 Å². The van der Waals surface area contributed by atoms with Gasteiger partial charge in [-0.2, -0.15) is 0 Å². The zero-order valence-corrected chi connectivity index (χ0v) is 9.23. The molecule has 2 fully saturated rings. The molecule has 0 unspecified atom stereocenters. The molecule has 2 N–H and O–H groups in total. The number of nitrogens with one attached hydrogen (secondary N) is 2. The predicted octanol–water partition coefficient (Wildman–Crippen LogP) is 0.866. The van der Waals surface area contributed by atoms with Gasteiger partial charge in [0.2, 0.25) is 0 Å². The lowest BCUT2D eigenvalue weighted by molar-refractivity contribution is 0.206. The van der Waals surface area contributed by atoms with E-state index in [1.807, 2.05) is 0 Å². The van der Waals surface area contributed by atoms with Crippen LogP contribution in [0.25, 0.3) is 0 Å². The van der Waals surface area contributed by atoms with E-state index < -0.39 is 0 Å². The smallest absolute Gasteiger partial charge is 0.0222 e. The molecule has 0 aromatic carbocycles. The molecule has 1 aliphatic carbocycles. The minimum atomic E-state index is 0. The monoisotopic (exact) mass is 272 g/mol. The van der Waals surface area contributed by atoms with Crippen LogP contribution in [0.15, 0.2) is 0 Å². The molecule has 0 aromatic rings. The van der Waals surface area contributed by atoms with Crippen LogP contribution in [0.2, 0.25) is 0 Å². The Kier molecular flexibility index (Phi) is 5.11. The largest absolute Gasteiger partial charge is 0.311 e. The van der Waals surface area contributed by atoms with Crippen molar-refractivity contribution in [2.45, 2.75) is 24.9 Å². The van der Waals surface area contributed by atoms with Crippen LogP contribution in [0.3, 0.4) is 0 Å². The summed E-state index contributed by atoms with van der Waals surface area (Å²) in [5, 5.41) is 6.91. The SMILES string of the molecule is Br.Br.C1CN[C@H]2CC[C@@H]2N1. The van der Waals surface area contributed by atoms with E-state index in [1.165, 1.54) is 25.9 Å². The second kappa shape index (κ2) is 4.70.